The highest BCUT2D eigenvalue weighted by atomic mass is 16.1. The van der Waals surface area contributed by atoms with Crippen molar-refractivity contribution < 1.29 is 0 Å². The van der Waals surface area contributed by atoms with Crippen LogP contribution in [-0.2, 0) is 0 Å². The molecule has 3 heteroatoms. The molecule has 1 aromatic heterocycles. The van der Waals surface area contributed by atoms with Crippen molar-refractivity contribution in [2.24, 2.45) is 0 Å². The maximum atomic E-state index is 14.0. The summed E-state index contributed by atoms with van der Waals surface area (Å²) in [6, 6.07) is 63.3. The molecule has 0 radical (unpaired) electrons. The first-order chi connectivity index (χ1) is 23.7. The Bertz CT molecular complexity index is 2580. The van der Waals surface area contributed by atoms with Crippen molar-refractivity contribution >= 4 is 32.6 Å². The highest BCUT2D eigenvalue weighted by Gasteiger charge is 2.16. The first kappa shape index (κ1) is 27.8. The average Bonchev–Trinajstić information content (AvgIpc) is 3.46. The predicted octanol–water partition coefficient (Wildman–Crippen LogP) is 11.1. The van der Waals surface area contributed by atoms with E-state index in [0.29, 0.717) is 0 Å². The summed E-state index contributed by atoms with van der Waals surface area (Å²) < 4.78 is 3.59. The van der Waals surface area contributed by atoms with Gasteiger partial charge in [-0.3, -0.25) is 9.13 Å². The first-order valence-corrected chi connectivity index (χ1v) is 16.2. The van der Waals surface area contributed by atoms with E-state index >= 15 is 0 Å². The van der Waals surface area contributed by atoms with Crippen LogP contribution in [0.1, 0.15) is 0 Å². The summed E-state index contributed by atoms with van der Waals surface area (Å²) >= 11 is 0. The van der Waals surface area contributed by atoms with E-state index in [1.165, 1.54) is 32.7 Å². The Balaban J connectivity index is 1.18. The third kappa shape index (κ3) is 4.81. The van der Waals surface area contributed by atoms with Gasteiger partial charge in [0.15, 0.2) is 0 Å². The second-order valence-electron chi connectivity index (χ2n) is 12.2. The molecular weight excluding hydrogens is 585 g/mol. The number of fused-ring (bicyclic) bond motifs is 3. The molecule has 9 rings (SSSR count). The van der Waals surface area contributed by atoms with Crippen molar-refractivity contribution in [1.82, 2.24) is 9.13 Å². The van der Waals surface area contributed by atoms with Crippen molar-refractivity contribution in [2.45, 2.75) is 0 Å². The molecule has 0 atom stereocenters. The minimum Gasteiger partial charge on any atom is -0.260 e. The van der Waals surface area contributed by atoms with Crippen molar-refractivity contribution in [2.75, 3.05) is 0 Å². The van der Waals surface area contributed by atoms with E-state index in [-0.39, 0.29) is 5.69 Å². The van der Waals surface area contributed by atoms with Crippen LogP contribution in [0.2, 0.25) is 0 Å². The lowest BCUT2D eigenvalue weighted by Gasteiger charge is -2.13. The summed E-state index contributed by atoms with van der Waals surface area (Å²) in [5, 5.41) is 4.90. The Morgan fingerprint density at radius 2 is 0.688 bits per heavy atom. The van der Waals surface area contributed by atoms with Crippen molar-refractivity contribution in [3.8, 4) is 44.8 Å². The first-order valence-electron chi connectivity index (χ1n) is 16.2. The predicted molar refractivity (Wildman–Crippen MR) is 200 cm³/mol. The molecule has 0 fully saturated rings. The Morgan fingerprint density at radius 1 is 0.292 bits per heavy atom. The Labute approximate surface area is 278 Å². The third-order valence-electron chi connectivity index (χ3n) is 9.32. The maximum Gasteiger partial charge on any atom is 0.338 e. The van der Waals surface area contributed by atoms with Crippen LogP contribution in [0.25, 0.3) is 77.3 Å². The van der Waals surface area contributed by atoms with E-state index < -0.39 is 0 Å². The Morgan fingerprint density at radius 3 is 1.21 bits per heavy atom. The van der Waals surface area contributed by atoms with Gasteiger partial charge in [-0.05, 0) is 122 Å². The topological polar surface area (TPSA) is 26.9 Å². The second kappa shape index (κ2) is 11.4. The number of nitrogens with zero attached hydrogens (tertiary/aromatic N) is 2. The molecule has 0 saturated heterocycles. The third-order valence-corrected chi connectivity index (χ3v) is 9.32. The molecule has 0 saturated carbocycles. The normalized spacial score (nSPS) is 11.4. The van der Waals surface area contributed by atoms with Gasteiger partial charge in [-0.25, -0.2) is 4.79 Å². The molecule has 0 N–H and O–H groups in total. The van der Waals surface area contributed by atoms with E-state index in [1.807, 2.05) is 54.6 Å². The van der Waals surface area contributed by atoms with Crippen LogP contribution in [0.3, 0.4) is 0 Å². The number of para-hydroxylation sites is 3. The summed E-state index contributed by atoms with van der Waals surface area (Å²) in [5.41, 5.74) is 10.2. The highest BCUT2D eigenvalue weighted by molar-refractivity contribution is 5.92. The van der Waals surface area contributed by atoms with Gasteiger partial charge in [-0.1, -0.05) is 115 Å². The lowest BCUT2D eigenvalue weighted by Crippen LogP contribution is -2.21. The molecule has 0 aliphatic rings. The van der Waals surface area contributed by atoms with E-state index in [0.717, 1.165) is 44.7 Å². The smallest absolute Gasteiger partial charge is 0.260 e. The SMILES string of the molecule is O=c1n(-c2ccccc2)c2ccccc2n1-c1ccc(-c2cc(-c3ccc4ccccc4c3)cc(-c3ccc4ccccc4c3)c2)cc1. The van der Waals surface area contributed by atoms with Gasteiger partial charge < -0.3 is 0 Å². The van der Waals surface area contributed by atoms with Gasteiger partial charge in [0, 0.05) is 0 Å². The van der Waals surface area contributed by atoms with E-state index in [4.69, 9.17) is 0 Å². The molecular formula is C45H30N2O. The molecule has 226 valence electrons. The molecule has 48 heavy (non-hydrogen) atoms. The van der Waals surface area contributed by atoms with Crippen LogP contribution in [0.4, 0.5) is 0 Å². The lowest BCUT2D eigenvalue weighted by atomic mass is 9.92. The van der Waals surface area contributed by atoms with Gasteiger partial charge >= 0.3 is 5.69 Å². The number of hydrogen-bond donors (Lipinski definition) is 0. The summed E-state index contributed by atoms with van der Waals surface area (Å²) in [5.74, 6) is 0. The second-order valence-corrected chi connectivity index (χ2v) is 12.2. The minimum atomic E-state index is -0.0907. The summed E-state index contributed by atoms with van der Waals surface area (Å²) in [6.45, 7) is 0. The molecule has 0 spiro atoms. The van der Waals surface area contributed by atoms with Crippen LogP contribution in [0.15, 0.2) is 187 Å². The Kier molecular flexibility index (Phi) is 6.62. The van der Waals surface area contributed by atoms with Crippen LogP contribution in [0.5, 0.6) is 0 Å². The zero-order valence-corrected chi connectivity index (χ0v) is 26.1. The van der Waals surface area contributed by atoms with Crippen LogP contribution in [-0.4, -0.2) is 9.13 Å². The van der Waals surface area contributed by atoms with Crippen molar-refractivity contribution in [1.29, 1.82) is 0 Å². The fraction of sp³-hybridized carbons (Fsp3) is 0. The van der Waals surface area contributed by atoms with Crippen LogP contribution in [0, 0.1) is 0 Å². The molecule has 0 bridgehead atoms. The lowest BCUT2D eigenvalue weighted by molar-refractivity contribution is 0.931. The van der Waals surface area contributed by atoms with Gasteiger partial charge in [0.25, 0.3) is 0 Å². The van der Waals surface area contributed by atoms with Crippen LogP contribution < -0.4 is 5.69 Å². The Hall–Kier alpha value is -6.45. The van der Waals surface area contributed by atoms with Gasteiger partial charge in [0.1, 0.15) is 0 Å². The van der Waals surface area contributed by atoms with Crippen molar-refractivity contribution in [3.05, 3.63) is 192 Å². The number of hydrogen-bond acceptors (Lipinski definition) is 1. The molecule has 0 aliphatic heterocycles. The van der Waals surface area contributed by atoms with E-state index in [1.54, 1.807) is 9.13 Å². The highest BCUT2D eigenvalue weighted by Crippen LogP contribution is 2.35. The number of rotatable bonds is 5. The fourth-order valence-corrected chi connectivity index (χ4v) is 6.89. The van der Waals surface area contributed by atoms with Gasteiger partial charge in [0.05, 0.1) is 22.4 Å². The number of imidazole rings is 1. The van der Waals surface area contributed by atoms with Gasteiger partial charge in [0.2, 0.25) is 0 Å². The summed E-state index contributed by atoms with van der Waals surface area (Å²) in [4.78, 5) is 14.0. The van der Waals surface area contributed by atoms with E-state index in [9.17, 15) is 4.79 Å². The fourth-order valence-electron chi connectivity index (χ4n) is 6.89. The quantitative estimate of drug-likeness (QED) is 0.189. The molecule has 9 aromatic rings. The molecule has 1 heterocycles. The number of benzene rings is 8. The number of aromatic nitrogens is 2. The van der Waals surface area contributed by atoms with Gasteiger partial charge in [-0.15, -0.1) is 0 Å². The molecule has 0 amide bonds. The minimum absolute atomic E-state index is 0.0907. The monoisotopic (exact) mass is 614 g/mol. The van der Waals surface area contributed by atoms with Gasteiger partial charge in [-0.2, -0.15) is 0 Å². The van der Waals surface area contributed by atoms with Crippen molar-refractivity contribution in [3.63, 3.8) is 0 Å². The molecule has 8 aromatic carbocycles. The zero-order chi connectivity index (χ0) is 32.0. The average molecular weight is 615 g/mol. The molecule has 0 unspecified atom stereocenters. The molecule has 0 aliphatic carbocycles. The standard InChI is InChI=1S/C45H30N2O/c48-45-46(41-14-2-1-3-15-41)43-16-8-9-17-44(43)47(45)42-24-22-33(23-25-42)38-28-39(36-20-18-31-10-4-6-12-34(31)26-36)30-40(29-38)37-21-19-32-11-5-7-13-35(32)27-37/h1-30H. The summed E-state index contributed by atoms with van der Waals surface area (Å²) in [6.07, 6.45) is 0. The van der Waals surface area contributed by atoms with Crippen LogP contribution >= 0.6 is 0 Å². The maximum absolute atomic E-state index is 14.0. The summed E-state index contributed by atoms with van der Waals surface area (Å²) in [7, 11) is 0. The largest absolute Gasteiger partial charge is 0.338 e. The molecule has 3 nitrogen and oxygen atoms in total. The van der Waals surface area contributed by atoms with E-state index in [2.05, 4.69) is 127 Å². The zero-order valence-electron chi connectivity index (χ0n) is 26.1.